The maximum Gasteiger partial charge on any atom is 0.137 e. The highest BCUT2D eigenvalue weighted by molar-refractivity contribution is 6.30. The van der Waals surface area contributed by atoms with Gasteiger partial charge in [-0.3, -0.25) is 14.4 Å². The molecule has 1 aromatic heterocycles. The number of hydrogen-bond acceptors (Lipinski definition) is 5. The van der Waals surface area contributed by atoms with Crippen molar-refractivity contribution in [3.8, 4) is 11.3 Å². The summed E-state index contributed by atoms with van der Waals surface area (Å²) in [6.45, 7) is 6.96. The van der Waals surface area contributed by atoms with Crippen molar-refractivity contribution in [1.82, 2.24) is 14.7 Å². The predicted octanol–water partition coefficient (Wildman–Crippen LogP) is 3.75. The number of para-hydroxylation sites is 1. The van der Waals surface area contributed by atoms with Gasteiger partial charge in [0.25, 0.3) is 0 Å². The number of rotatable bonds is 6. The summed E-state index contributed by atoms with van der Waals surface area (Å²) in [6.07, 6.45) is 1.10. The van der Waals surface area contributed by atoms with E-state index in [1.165, 1.54) is 11.3 Å². The molecule has 2 aromatic carbocycles. The Morgan fingerprint density at radius 1 is 1.00 bits per heavy atom. The Balaban J connectivity index is 1.26. The number of hydrogen-bond donors (Lipinski definition) is 1. The second-order valence-corrected chi connectivity index (χ2v) is 9.84. The monoisotopic (exact) mass is 478 g/mol. The number of carbonyl (C=O) groups excluding carboxylic acids is 1. The summed E-state index contributed by atoms with van der Waals surface area (Å²) in [5, 5.41) is 16.5. The molecule has 0 radical (unpaired) electrons. The predicted molar refractivity (Wildman–Crippen MR) is 136 cm³/mol. The molecule has 0 saturated carbocycles. The molecule has 5 rings (SSSR count). The number of nitrogens with zero attached hydrogens (tertiary/aromatic N) is 4. The number of carbonyl (C=O) groups is 1. The Labute approximate surface area is 205 Å². The maximum atomic E-state index is 12.2. The Hall–Kier alpha value is -2.67. The van der Waals surface area contributed by atoms with E-state index in [1.807, 2.05) is 28.9 Å². The van der Waals surface area contributed by atoms with E-state index in [-0.39, 0.29) is 5.78 Å². The molecule has 2 heterocycles. The zero-order valence-electron chi connectivity index (χ0n) is 19.6. The summed E-state index contributed by atoms with van der Waals surface area (Å²) in [6, 6.07) is 16.1. The number of aliphatic hydroxyl groups excluding tert-OH is 1. The quantitative estimate of drug-likeness (QED) is 0.584. The Kier molecular flexibility index (Phi) is 6.73. The lowest BCUT2D eigenvalue weighted by Gasteiger charge is -2.37. The lowest BCUT2D eigenvalue weighted by molar-refractivity contribution is -0.118. The number of benzene rings is 2. The van der Waals surface area contributed by atoms with Gasteiger partial charge in [-0.05, 0) is 37.1 Å². The second kappa shape index (κ2) is 9.90. The summed E-state index contributed by atoms with van der Waals surface area (Å²) in [5.74, 6) is 0.245. The minimum absolute atomic E-state index is 0.245. The number of aliphatic hydroxyl groups is 1. The van der Waals surface area contributed by atoms with E-state index in [2.05, 4.69) is 41.0 Å². The molecule has 0 bridgehead atoms. The number of piperazine rings is 1. The average molecular weight is 479 g/mol. The molecule has 1 atom stereocenters. The normalized spacial score (nSPS) is 17.6. The number of aryl methyl sites for hydroxylation is 1. The molecule has 1 N–H and O–H groups in total. The van der Waals surface area contributed by atoms with Crippen molar-refractivity contribution in [3.63, 3.8) is 0 Å². The van der Waals surface area contributed by atoms with Crippen LogP contribution in [0.3, 0.4) is 0 Å². The first-order chi connectivity index (χ1) is 16.5. The first kappa shape index (κ1) is 23.1. The number of β-amino-alcohol motifs (C(OH)–C–C–N with tert-alkyl or cyclic N) is 1. The van der Waals surface area contributed by atoms with Gasteiger partial charge in [-0.25, -0.2) is 0 Å². The van der Waals surface area contributed by atoms with Crippen LogP contribution in [0, 0.1) is 6.92 Å². The summed E-state index contributed by atoms with van der Waals surface area (Å²) in [5.41, 5.74) is 6.46. The fraction of sp³-hybridized carbons (Fsp3) is 0.407. The molecule has 3 aromatic rings. The van der Waals surface area contributed by atoms with Crippen LogP contribution < -0.4 is 4.90 Å². The molecule has 34 heavy (non-hydrogen) atoms. The molecule has 1 unspecified atom stereocenters. The third kappa shape index (κ3) is 4.90. The SMILES string of the molecule is Cc1ccccc1N1CCN(CC(O)Cn2nc(-c3ccc(Cl)cc3)c3c2CCC(=O)C3)CC1. The van der Waals surface area contributed by atoms with Crippen molar-refractivity contribution >= 4 is 23.1 Å². The van der Waals surface area contributed by atoms with Gasteiger partial charge in [0.05, 0.1) is 18.3 Å². The van der Waals surface area contributed by atoms with E-state index in [0.717, 1.165) is 48.7 Å². The highest BCUT2D eigenvalue weighted by atomic mass is 35.5. The van der Waals surface area contributed by atoms with E-state index >= 15 is 0 Å². The first-order valence-corrected chi connectivity index (χ1v) is 12.4. The van der Waals surface area contributed by atoms with Gasteiger partial charge in [0, 0.05) is 73.1 Å². The van der Waals surface area contributed by atoms with Crippen molar-refractivity contribution in [1.29, 1.82) is 0 Å². The maximum absolute atomic E-state index is 12.2. The number of halogens is 1. The molecule has 0 spiro atoms. The highest BCUT2D eigenvalue weighted by Gasteiger charge is 2.27. The molecule has 7 heteroatoms. The summed E-state index contributed by atoms with van der Waals surface area (Å²) >= 11 is 6.06. The van der Waals surface area contributed by atoms with E-state index in [4.69, 9.17) is 16.7 Å². The third-order valence-corrected chi connectivity index (χ3v) is 7.23. The molecular formula is C27H31ClN4O2. The zero-order chi connectivity index (χ0) is 23.7. The van der Waals surface area contributed by atoms with Crippen molar-refractivity contribution in [2.45, 2.75) is 38.8 Å². The van der Waals surface area contributed by atoms with Crippen molar-refractivity contribution in [3.05, 3.63) is 70.4 Å². The van der Waals surface area contributed by atoms with Crippen LogP contribution in [0.4, 0.5) is 5.69 Å². The number of anilines is 1. The van der Waals surface area contributed by atoms with Crippen molar-refractivity contribution < 1.29 is 9.90 Å². The number of fused-ring (bicyclic) bond motifs is 1. The van der Waals surface area contributed by atoms with E-state index in [1.54, 1.807) is 0 Å². The first-order valence-electron chi connectivity index (χ1n) is 12.0. The third-order valence-electron chi connectivity index (χ3n) is 6.98. The summed E-state index contributed by atoms with van der Waals surface area (Å²) < 4.78 is 1.93. The highest BCUT2D eigenvalue weighted by Crippen LogP contribution is 2.31. The summed E-state index contributed by atoms with van der Waals surface area (Å²) in [7, 11) is 0. The fourth-order valence-electron chi connectivity index (χ4n) is 5.18. The van der Waals surface area contributed by atoms with Crippen LogP contribution in [0.15, 0.2) is 48.5 Å². The van der Waals surface area contributed by atoms with E-state index in [0.29, 0.717) is 37.4 Å². The van der Waals surface area contributed by atoms with Crippen LogP contribution in [0.2, 0.25) is 5.02 Å². The minimum atomic E-state index is -0.523. The van der Waals surface area contributed by atoms with Crippen LogP contribution in [-0.2, 0) is 24.2 Å². The molecule has 1 aliphatic carbocycles. The topological polar surface area (TPSA) is 61.6 Å². The number of ketones is 1. The van der Waals surface area contributed by atoms with Gasteiger partial charge in [-0.2, -0.15) is 5.10 Å². The Bertz CT molecular complexity index is 1170. The second-order valence-electron chi connectivity index (χ2n) is 9.41. The molecule has 2 aliphatic rings. The molecule has 178 valence electrons. The largest absolute Gasteiger partial charge is 0.390 e. The van der Waals surface area contributed by atoms with Gasteiger partial charge in [0.1, 0.15) is 5.78 Å². The van der Waals surface area contributed by atoms with Gasteiger partial charge in [-0.1, -0.05) is 41.9 Å². The van der Waals surface area contributed by atoms with Gasteiger partial charge in [-0.15, -0.1) is 0 Å². The van der Waals surface area contributed by atoms with Crippen LogP contribution in [-0.4, -0.2) is 64.4 Å². The zero-order valence-corrected chi connectivity index (χ0v) is 20.3. The standard InChI is InChI=1S/C27H31ClN4O2/c1-19-4-2-3-5-25(19)31-14-12-30(13-15-31)17-23(34)18-32-26-11-10-22(33)16-24(26)27(29-32)20-6-8-21(28)9-7-20/h2-9,23,34H,10-18H2,1H3. The van der Waals surface area contributed by atoms with Crippen molar-refractivity contribution in [2.24, 2.45) is 0 Å². The lowest BCUT2D eigenvalue weighted by Crippen LogP contribution is -2.49. The fourth-order valence-corrected chi connectivity index (χ4v) is 5.30. The Morgan fingerprint density at radius 2 is 1.74 bits per heavy atom. The molecular weight excluding hydrogens is 448 g/mol. The minimum Gasteiger partial charge on any atom is -0.390 e. The lowest BCUT2D eigenvalue weighted by atomic mass is 9.92. The molecule has 1 saturated heterocycles. The van der Waals surface area contributed by atoms with Gasteiger partial charge in [0.2, 0.25) is 0 Å². The smallest absolute Gasteiger partial charge is 0.137 e. The number of aromatic nitrogens is 2. The van der Waals surface area contributed by atoms with Crippen LogP contribution in [0.1, 0.15) is 23.2 Å². The van der Waals surface area contributed by atoms with Crippen LogP contribution in [0.5, 0.6) is 0 Å². The van der Waals surface area contributed by atoms with E-state index in [9.17, 15) is 9.90 Å². The molecule has 0 amide bonds. The van der Waals surface area contributed by atoms with Crippen LogP contribution in [0.25, 0.3) is 11.3 Å². The number of Topliss-reactive ketones (excluding diaryl/α,β-unsaturated/α-hetero) is 1. The van der Waals surface area contributed by atoms with Gasteiger partial charge < -0.3 is 10.0 Å². The van der Waals surface area contributed by atoms with E-state index < -0.39 is 6.10 Å². The molecule has 1 fully saturated rings. The summed E-state index contributed by atoms with van der Waals surface area (Å²) in [4.78, 5) is 16.9. The van der Waals surface area contributed by atoms with Crippen LogP contribution >= 0.6 is 11.6 Å². The van der Waals surface area contributed by atoms with Gasteiger partial charge in [0.15, 0.2) is 0 Å². The Morgan fingerprint density at radius 3 is 2.47 bits per heavy atom. The van der Waals surface area contributed by atoms with Crippen molar-refractivity contribution in [2.75, 3.05) is 37.6 Å². The molecule has 1 aliphatic heterocycles. The average Bonchev–Trinajstić information content (AvgIpc) is 3.17. The molecule has 6 nitrogen and oxygen atoms in total. The van der Waals surface area contributed by atoms with Gasteiger partial charge >= 0.3 is 0 Å².